The van der Waals surface area contributed by atoms with Gasteiger partial charge in [-0.05, 0) is 35.4 Å². The van der Waals surface area contributed by atoms with Crippen molar-refractivity contribution in [3.05, 3.63) is 59.9 Å². The second-order valence-corrected chi connectivity index (χ2v) is 3.88. The Balaban J connectivity index is 2.41. The summed E-state index contributed by atoms with van der Waals surface area (Å²) in [6.07, 6.45) is 4.62. The van der Waals surface area contributed by atoms with Crippen LogP contribution < -0.4 is 5.73 Å². The maximum Gasteiger partial charge on any atom is 0.123 e. The highest BCUT2D eigenvalue weighted by atomic mass is 19.1. The first-order chi connectivity index (χ1) is 8.70. The van der Waals surface area contributed by atoms with E-state index in [0.717, 1.165) is 16.7 Å². The van der Waals surface area contributed by atoms with Crippen molar-refractivity contribution >= 4 is 18.0 Å². The van der Waals surface area contributed by atoms with Crippen molar-refractivity contribution < 1.29 is 4.39 Å². The van der Waals surface area contributed by atoms with Crippen molar-refractivity contribution in [2.45, 2.75) is 0 Å². The van der Waals surface area contributed by atoms with E-state index in [1.807, 2.05) is 18.2 Å². The molecule has 0 saturated heterocycles. The van der Waals surface area contributed by atoms with Crippen LogP contribution in [-0.2, 0) is 0 Å². The maximum absolute atomic E-state index is 13.2. The fourth-order valence-electron chi connectivity index (χ4n) is 1.76. The molecular weight excluding hydrogens is 227 g/mol. The summed E-state index contributed by atoms with van der Waals surface area (Å²) in [5, 5.41) is 6.92. The molecule has 2 aromatic rings. The van der Waals surface area contributed by atoms with Crippen molar-refractivity contribution in [3.8, 4) is 11.1 Å². The van der Waals surface area contributed by atoms with Gasteiger partial charge in [0.2, 0.25) is 0 Å². The lowest BCUT2D eigenvalue weighted by molar-refractivity contribution is 0.628. The lowest BCUT2D eigenvalue weighted by Crippen LogP contribution is -1.91. The molecule has 2 rings (SSSR count). The van der Waals surface area contributed by atoms with Crippen LogP contribution in [-0.4, -0.2) is 6.21 Å². The minimum Gasteiger partial charge on any atom is -0.398 e. The van der Waals surface area contributed by atoms with Gasteiger partial charge in [0.25, 0.3) is 0 Å². The summed E-state index contributed by atoms with van der Waals surface area (Å²) >= 11 is 0. The van der Waals surface area contributed by atoms with Crippen LogP contribution in [0.5, 0.6) is 0 Å². The second-order valence-electron chi connectivity index (χ2n) is 3.88. The molecule has 0 amide bonds. The first kappa shape index (κ1) is 12.0. The van der Waals surface area contributed by atoms with Gasteiger partial charge in [0.15, 0.2) is 0 Å². The van der Waals surface area contributed by atoms with Gasteiger partial charge in [0, 0.05) is 17.5 Å². The van der Waals surface area contributed by atoms with E-state index in [0.29, 0.717) is 5.69 Å². The topological polar surface area (TPSA) is 49.9 Å². The normalized spacial score (nSPS) is 10.7. The molecule has 0 radical (unpaired) electrons. The lowest BCUT2D eigenvalue weighted by atomic mass is 10.0. The zero-order valence-corrected chi connectivity index (χ0v) is 9.73. The molecule has 0 aromatic heterocycles. The summed E-state index contributed by atoms with van der Waals surface area (Å²) in [6.45, 7) is 0. The van der Waals surface area contributed by atoms with Gasteiger partial charge in [-0.3, -0.25) is 0 Å². The smallest absolute Gasteiger partial charge is 0.123 e. The fraction of sp³-hybridized carbons (Fsp3) is 0. The molecule has 0 saturated carbocycles. The van der Waals surface area contributed by atoms with E-state index < -0.39 is 0 Å². The van der Waals surface area contributed by atoms with Gasteiger partial charge >= 0.3 is 0 Å². The van der Waals surface area contributed by atoms with Gasteiger partial charge in [-0.15, -0.1) is 0 Å². The van der Waals surface area contributed by atoms with Crippen LogP contribution in [0, 0.1) is 11.2 Å². The average Bonchev–Trinajstić information content (AvgIpc) is 2.36. The second kappa shape index (κ2) is 5.27. The number of anilines is 1. The minimum absolute atomic E-state index is 0.278. The molecular formula is C15H13FN2. The number of nitrogens with one attached hydrogen (secondary N) is 1. The summed E-state index contributed by atoms with van der Waals surface area (Å²) in [7, 11) is 0. The van der Waals surface area contributed by atoms with E-state index in [1.165, 1.54) is 18.3 Å². The Labute approximate surface area is 105 Å². The highest BCUT2D eigenvalue weighted by Crippen LogP contribution is 2.27. The number of nitrogens with two attached hydrogens (primary N) is 1. The summed E-state index contributed by atoms with van der Waals surface area (Å²) < 4.78 is 13.2. The van der Waals surface area contributed by atoms with Crippen LogP contribution >= 0.6 is 0 Å². The molecule has 3 N–H and O–H groups in total. The molecule has 0 aliphatic carbocycles. The van der Waals surface area contributed by atoms with E-state index in [-0.39, 0.29) is 5.82 Å². The summed E-state index contributed by atoms with van der Waals surface area (Å²) in [5.74, 6) is -0.278. The van der Waals surface area contributed by atoms with Gasteiger partial charge < -0.3 is 11.1 Å². The first-order valence-electron chi connectivity index (χ1n) is 5.53. The highest BCUT2D eigenvalue weighted by molar-refractivity contribution is 5.81. The molecule has 0 unspecified atom stereocenters. The van der Waals surface area contributed by atoms with E-state index in [1.54, 1.807) is 24.3 Å². The van der Waals surface area contributed by atoms with Crippen LogP contribution in [0.3, 0.4) is 0 Å². The zero-order chi connectivity index (χ0) is 13.0. The third kappa shape index (κ3) is 2.63. The Morgan fingerprint density at radius 3 is 2.61 bits per heavy atom. The molecule has 2 aromatic carbocycles. The SMILES string of the molecule is N=CC=Cc1ccc(-c2cccc(F)c2)c(N)c1. The molecule has 0 bridgehead atoms. The molecule has 18 heavy (non-hydrogen) atoms. The summed E-state index contributed by atoms with van der Waals surface area (Å²) in [4.78, 5) is 0. The van der Waals surface area contributed by atoms with Gasteiger partial charge in [0.1, 0.15) is 5.82 Å². The average molecular weight is 240 g/mol. The van der Waals surface area contributed by atoms with Crippen LogP contribution in [0.2, 0.25) is 0 Å². The highest BCUT2D eigenvalue weighted by Gasteiger charge is 2.03. The number of hydrogen-bond acceptors (Lipinski definition) is 2. The van der Waals surface area contributed by atoms with Gasteiger partial charge in [-0.25, -0.2) is 4.39 Å². The molecule has 2 nitrogen and oxygen atoms in total. The lowest BCUT2D eigenvalue weighted by Gasteiger charge is -2.07. The van der Waals surface area contributed by atoms with Crippen LogP contribution in [0.15, 0.2) is 48.5 Å². The van der Waals surface area contributed by atoms with Gasteiger partial charge in [-0.1, -0.05) is 30.3 Å². The number of benzene rings is 2. The third-order valence-electron chi connectivity index (χ3n) is 2.60. The third-order valence-corrected chi connectivity index (χ3v) is 2.60. The molecule has 0 atom stereocenters. The zero-order valence-electron chi connectivity index (χ0n) is 9.73. The van der Waals surface area contributed by atoms with Crippen molar-refractivity contribution in [1.29, 1.82) is 5.41 Å². The molecule has 0 aliphatic heterocycles. The number of hydrogen-bond donors (Lipinski definition) is 2. The predicted octanol–water partition coefficient (Wildman–Crippen LogP) is 3.74. The van der Waals surface area contributed by atoms with Crippen LogP contribution in [0.1, 0.15) is 5.56 Å². The van der Waals surface area contributed by atoms with E-state index >= 15 is 0 Å². The Morgan fingerprint density at radius 1 is 1.11 bits per heavy atom. The van der Waals surface area contributed by atoms with E-state index in [2.05, 4.69) is 0 Å². The predicted molar refractivity (Wildman–Crippen MR) is 74.1 cm³/mol. The Morgan fingerprint density at radius 2 is 1.94 bits per heavy atom. The molecule has 0 spiro atoms. The summed E-state index contributed by atoms with van der Waals surface area (Å²) in [5.41, 5.74) is 9.03. The number of nitrogen functional groups attached to an aromatic ring is 1. The number of rotatable bonds is 3. The Hall–Kier alpha value is -2.42. The Kier molecular flexibility index (Phi) is 3.53. The molecule has 0 heterocycles. The minimum atomic E-state index is -0.278. The van der Waals surface area contributed by atoms with Crippen LogP contribution in [0.4, 0.5) is 10.1 Å². The monoisotopic (exact) mass is 240 g/mol. The summed E-state index contributed by atoms with van der Waals surface area (Å²) in [6, 6.07) is 11.9. The standard InChI is InChI=1S/C15H13FN2/c16-13-5-1-4-12(10-13)14-7-6-11(3-2-8-17)9-15(14)18/h1-10,17H,18H2. The molecule has 0 aliphatic rings. The number of halogens is 1. The van der Waals surface area contributed by atoms with Crippen molar-refractivity contribution in [3.63, 3.8) is 0 Å². The molecule has 90 valence electrons. The van der Waals surface area contributed by atoms with Gasteiger partial charge in [-0.2, -0.15) is 0 Å². The van der Waals surface area contributed by atoms with Gasteiger partial charge in [0.05, 0.1) is 0 Å². The molecule has 3 heteroatoms. The number of allylic oxidation sites excluding steroid dienone is 1. The fourth-order valence-corrected chi connectivity index (χ4v) is 1.76. The molecule has 0 fully saturated rings. The van der Waals surface area contributed by atoms with Crippen molar-refractivity contribution in [2.75, 3.05) is 5.73 Å². The maximum atomic E-state index is 13.2. The van der Waals surface area contributed by atoms with Crippen molar-refractivity contribution in [2.24, 2.45) is 0 Å². The quantitative estimate of drug-likeness (QED) is 0.623. The van der Waals surface area contributed by atoms with Crippen molar-refractivity contribution in [1.82, 2.24) is 0 Å². The largest absolute Gasteiger partial charge is 0.398 e. The van der Waals surface area contributed by atoms with Crippen LogP contribution in [0.25, 0.3) is 17.2 Å². The first-order valence-corrected chi connectivity index (χ1v) is 5.53. The van der Waals surface area contributed by atoms with E-state index in [9.17, 15) is 4.39 Å². The van der Waals surface area contributed by atoms with E-state index in [4.69, 9.17) is 11.1 Å². The Bertz CT molecular complexity index is 603.